The zero-order valence-corrected chi connectivity index (χ0v) is 13.0. The van der Waals surface area contributed by atoms with Crippen molar-refractivity contribution < 1.29 is 0 Å². The zero-order valence-electron chi connectivity index (χ0n) is 12.2. The van der Waals surface area contributed by atoms with Gasteiger partial charge in [0.15, 0.2) is 0 Å². The summed E-state index contributed by atoms with van der Waals surface area (Å²) in [5.41, 5.74) is 2.82. The van der Waals surface area contributed by atoms with E-state index in [1.807, 2.05) is 18.2 Å². The van der Waals surface area contributed by atoms with Crippen molar-refractivity contribution in [1.29, 1.82) is 5.26 Å². The summed E-state index contributed by atoms with van der Waals surface area (Å²) in [4.78, 5) is 20.9. The van der Waals surface area contributed by atoms with E-state index in [-0.39, 0.29) is 5.69 Å². The third-order valence-corrected chi connectivity index (χ3v) is 4.66. The van der Waals surface area contributed by atoms with Crippen LogP contribution in [0.1, 0.15) is 29.8 Å². The molecule has 0 radical (unpaired) electrons. The Labute approximate surface area is 133 Å². The van der Waals surface area contributed by atoms with Gasteiger partial charge in [-0.1, -0.05) is 17.8 Å². The van der Waals surface area contributed by atoms with Crippen LogP contribution in [-0.4, -0.2) is 20.3 Å². The van der Waals surface area contributed by atoms with E-state index in [9.17, 15) is 4.79 Å². The first-order valence-corrected chi connectivity index (χ1v) is 8.30. The predicted molar refractivity (Wildman–Crippen MR) is 84.8 cm³/mol. The molecular weight excluding hydrogens is 296 g/mol. The summed E-state index contributed by atoms with van der Waals surface area (Å²) in [5.74, 6) is 0.323. The molecule has 0 aliphatic heterocycles. The van der Waals surface area contributed by atoms with E-state index < -0.39 is 0 Å². The largest absolute Gasteiger partial charge is 0.349 e. The molecule has 6 heteroatoms. The van der Waals surface area contributed by atoms with E-state index in [0.29, 0.717) is 12.3 Å². The molecule has 1 aliphatic rings. The second kappa shape index (κ2) is 6.75. The molecule has 0 amide bonds. The van der Waals surface area contributed by atoms with Gasteiger partial charge in [-0.25, -0.2) is 4.79 Å². The molecule has 0 saturated heterocycles. The molecule has 112 valence electrons. The fraction of sp³-hybridized carbons (Fsp3) is 0.375. The van der Waals surface area contributed by atoms with Gasteiger partial charge in [-0.15, -0.1) is 0 Å². The van der Waals surface area contributed by atoms with Crippen LogP contribution < -0.4 is 5.69 Å². The van der Waals surface area contributed by atoms with Crippen molar-refractivity contribution in [3.05, 3.63) is 51.8 Å². The second-order valence-electron chi connectivity index (χ2n) is 5.19. The van der Waals surface area contributed by atoms with Crippen LogP contribution in [0.25, 0.3) is 0 Å². The molecule has 0 fully saturated rings. The van der Waals surface area contributed by atoms with Crippen molar-refractivity contribution >= 4 is 11.8 Å². The van der Waals surface area contributed by atoms with E-state index in [4.69, 9.17) is 5.26 Å². The number of hydrogen-bond acceptors (Lipinski definition) is 5. The number of nitriles is 1. The molecule has 2 heterocycles. The highest BCUT2D eigenvalue weighted by molar-refractivity contribution is 7.99. The number of pyridine rings is 1. The second-order valence-corrected chi connectivity index (χ2v) is 6.15. The number of fused-ring (bicyclic) bond motifs is 1. The van der Waals surface area contributed by atoms with Gasteiger partial charge in [-0.2, -0.15) is 10.2 Å². The van der Waals surface area contributed by atoms with Gasteiger partial charge >= 0.3 is 5.69 Å². The molecule has 2 aromatic rings. The maximum atomic E-state index is 12.4. The molecule has 0 N–H and O–H groups in total. The molecule has 2 aromatic heterocycles. The van der Waals surface area contributed by atoms with Crippen LogP contribution in [-0.2, 0) is 19.4 Å². The fourth-order valence-electron chi connectivity index (χ4n) is 2.78. The van der Waals surface area contributed by atoms with E-state index in [2.05, 4.69) is 16.0 Å². The van der Waals surface area contributed by atoms with Crippen molar-refractivity contribution in [2.75, 3.05) is 5.75 Å². The van der Waals surface area contributed by atoms with Crippen molar-refractivity contribution in [2.45, 2.75) is 37.3 Å². The lowest BCUT2D eigenvalue weighted by molar-refractivity contribution is 0.565. The first kappa shape index (κ1) is 14.8. The summed E-state index contributed by atoms with van der Waals surface area (Å²) in [6.45, 7) is 0.457. The maximum Gasteiger partial charge on any atom is 0.349 e. The Bertz CT molecular complexity index is 764. The Kier molecular flexibility index (Phi) is 4.54. The average molecular weight is 312 g/mol. The van der Waals surface area contributed by atoms with E-state index in [1.165, 1.54) is 11.8 Å². The van der Waals surface area contributed by atoms with Gasteiger partial charge in [-0.05, 0) is 37.8 Å². The molecule has 0 unspecified atom stereocenters. The third-order valence-electron chi connectivity index (χ3n) is 3.77. The topological polar surface area (TPSA) is 71.6 Å². The third kappa shape index (κ3) is 3.04. The van der Waals surface area contributed by atoms with Crippen LogP contribution in [0.3, 0.4) is 0 Å². The summed E-state index contributed by atoms with van der Waals surface area (Å²) in [6.07, 6.45) is 5.74. The number of nitrogens with zero attached hydrogens (tertiary/aromatic N) is 4. The molecule has 0 spiro atoms. The normalized spacial score (nSPS) is 13.4. The zero-order chi connectivity index (χ0) is 15.4. The number of hydrogen-bond donors (Lipinski definition) is 0. The highest BCUT2D eigenvalue weighted by Gasteiger charge is 2.20. The Balaban J connectivity index is 2.03. The highest BCUT2D eigenvalue weighted by Crippen LogP contribution is 2.28. The molecule has 5 nitrogen and oxygen atoms in total. The molecule has 1 aliphatic carbocycles. The highest BCUT2D eigenvalue weighted by atomic mass is 32.2. The van der Waals surface area contributed by atoms with E-state index >= 15 is 0 Å². The van der Waals surface area contributed by atoms with Gasteiger partial charge in [0.1, 0.15) is 5.03 Å². The smallest absolute Gasteiger partial charge is 0.290 e. The van der Waals surface area contributed by atoms with Crippen LogP contribution in [0.5, 0.6) is 0 Å². The fourth-order valence-corrected chi connectivity index (χ4v) is 3.52. The molecule has 22 heavy (non-hydrogen) atoms. The molecular formula is C16H16N4OS. The minimum absolute atomic E-state index is 0.244. The first-order valence-electron chi connectivity index (χ1n) is 7.32. The van der Waals surface area contributed by atoms with E-state index in [0.717, 1.165) is 47.7 Å². The van der Waals surface area contributed by atoms with Gasteiger partial charge in [-0.3, -0.25) is 9.55 Å². The van der Waals surface area contributed by atoms with Gasteiger partial charge in [0, 0.05) is 17.5 Å². The molecule has 0 saturated carbocycles. The summed E-state index contributed by atoms with van der Waals surface area (Å²) in [7, 11) is 0. The number of rotatable bonds is 4. The quantitative estimate of drug-likeness (QED) is 0.639. The van der Waals surface area contributed by atoms with E-state index in [1.54, 1.807) is 10.8 Å². The summed E-state index contributed by atoms with van der Waals surface area (Å²) >= 11 is 1.36. The molecule has 3 rings (SSSR count). The standard InChI is InChI=1S/C16H16N4OS/c17-8-10-22-15-13-6-1-2-7-14(13)20(16(21)19-15)11-12-5-3-4-9-18-12/h3-5,9H,1-2,6-7,10-11H2. The molecule has 0 bridgehead atoms. The van der Waals surface area contributed by atoms with Gasteiger partial charge in [0.05, 0.1) is 24.1 Å². The van der Waals surface area contributed by atoms with Gasteiger partial charge < -0.3 is 0 Å². The lowest BCUT2D eigenvalue weighted by atomic mass is 9.97. The Hall–Kier alpha value is -2.13. The first-order chi connectivity index (χ1) is 10.8. The predicted octanol–water partition coefficient (Wildman–Crippen LogP) is 2.18. The van der Waals surface area contributed by atoms with Crippen LogP contribution in [0.4, 0.5) is 0 Å². The average Bonchev–Trinajstić information content (AvgIpc) is 2.57. The summed E-state index contributed by atoms with van der Waals surface area (Å²) < 4.78 is 1.74. The minimum Gasteiger partial charge on any atom is -0.290 e. The van der Waals surface area contributed by atoms with Gasteiger partial charge in [0.25, 0.3) is 0 Å². The monoisotopic (exact) mass is 312 g/mol. The van der Waals surface area contributed by atoms with Crippen LogP contribution in [0.15, 0.2) is 34.2 Å². The molecule has 0 aromatic carbocycles. The lowest BCUT2D eigenvalue weighted by Crippen LogP contribution is -2.30. The van der Waals surface area contributed by atoms with Crippen LogP contribution >= 0.6 is 11.8 Å². The van der Waals surface area contributed by atoms with Gasteiger partial charge in [0.2, 0.25) is 0 Å². The Morgan fingerprint density at radius 2 is 2.18 bits per heavy atom. The Morgan fingerprint density at radius 1 is 1.32 bits per heavy atom. The van der Waals surface area contributed by atoms with Crippen LogP contribution in [0, 0.1) is 11.3 Å². The van der Waals surface area contributed by atoms with Crippen LogP contribution in [0.2, 0.25) is 0 Å². The lowest BCUT2D eigenvalue weighted by Gasteiger charge is -2.22. The number of thioether (sulfide) groups is 1. The minimum atomic E-state index is -0.244. The van der Waals surface area contributed by atoms with Crippen molar-refractivity contribution in [1.82, 2.24) is 14.5 Å². The summed E-state index contributed by atoms with van der Waals surface area (Å²) in [6, 6.07) is 7.80. The van der Waals surface area contributed by atoms with Crippen molar-refractivity contribution in [3.8, 4) is 6.07 Å². The summed E-state index contributed by atoms with van der Waals surface area (Å²) in [5, 5.41) is 9.49. The van der Waals surface area contributed by atoms with Crippen molar-refractivity contribution in [3.63, 3.8) is 0 Å². The Morgan fingerprint density at radius 3 is 2.95 bits per heavy atom. The maximum absolute atomic E-state index is 12.4. The number of aromatic nitrogens is 3. The SMILES string of the molecule is N#CCSc1nc(=O)n(Cc2ccccn2)c2c1CCCC2. The molecule has 0 atom stereocenters. The van der Waals surface area contributed by atoms with Crippen molar-refractivity contribution in [2.24, 2.45) is 0 Å².